The molecule has 0 unspecified atom stereocenters. The highest BCUT2D eigenvalue weighted by molar-refractivity contribution is 5.86. The third-order valence-electron chi connectivity index (χ3n) is 5.83. The van der Waals surface area contributed by atoms with Crippen LogP contribution >= 0.6 is 0 Å². The van der Waals surface area contributed by atoms with Crippen LogP contribution in [0.4, 0.5) is 5.69 Å². The Bertz CT molecular complexity index is 859. The van der Waals surface area contributed by atoms with E-state index < -0.39 is 5.97 Å². The molecule has 1 fully saturated rings. The standard InChI is InChI=1S/C26H36N2O3/c1-6-8-11-23(20(4)19(3)21(7-2)18-26(29)30)24-12-9-10-13-25(24)27-28-16-14-22(31-5)15-17-28/h7-13,22,27H,2,6,14-18H2,1,3-5H3,(H,29,30)/b11-8-,21-19-,23-20+. The summed E-state index contributed by atoms with van der Waals surface area (Å²) in [5.74, 6) is -0.853. The van der Waals surface area contributed by atoms with Crippen molar-refractivity contribution >= 4 is 17.2 Å². The predicted octanol–water partition coefficient (Wildman–Crippen LogP) is 5.84. The number of nitrogens with zero attached hydrogens (tertiary/aromatic N) is 1. The van der Waals surface area contributed by atoms with E-state index in [1.807, 2.05) is 19.1 Å². The lowest BCUT2D eigenvalue weighted by molar-refractivity contribution is -0.136. The van der Waals surface area contributed by atoms with E-state index in [2.05, 4.69) is 55.1 Å². The number of carboxylic acid groups (broad SMARTS) is 1. The Kier molecular flexibility index (Phi) is 9.76. The van der Waals surface area contributed by atoms with Crippen LogP contribution in [0.5, 0.6) is 0 Å². The molecule has 0 amide bonds. The molecule has 1 aromatic rings. The Labute approximate surface area is 186 Å². The molecule has 0 aliphatic carbocycles. The normalized spacial score (nSPS) is 17.3. The molecule has 5 nitrogen and oxygen atoms in total. The number of aliphatic carboxylic acids is 1. The summed E-state index contributed by atoms with van der Waals surface area (Å²) in [6, 6.07) is 8.28. The van der Waals surface area contributed by atoms with Crippen molar-refractivity contribution in [2.24, 2.45) is 0 Å². The van der Waals surface area contributed by atoms with E-state index in [1.54, 1.807) is 13.2 Å². The zero-order valence-corrected chi connectivity index (χ0v) is 19.3. The predicted molar refractivity (Wildman–Crippen MR) is 129 cm³/mol. The van der Waals surface area contributed by atoms with Crippen LogP contribution in [0.15, 0.2) is 65.8 Å². The molecule has 5 heteroatoms. The minimum absolute atomic E-state index is 0.0359. The zero-order chi connectivity index (χ0) is 22.8. The van der Waals surface area contributed by atoms with E-state index in [-0.39, 0.29) is 6.42 Å². The Hall–Kier alpha value is -2.63. The minimum atomic E-state index is -0.853. The lowest BCUT2D eigenvalue weighted by Crippen LogP contribution is -2.40. The van der Waals surface area contributed by atoms with Gasteiger partial charge in [-0.2, -0.15) is 0 Å². The number of carbonyl (C=O) groups is 1. The van der Waals surface area contributed by atoms with Crippen LogP contribution in [0.2, 0.25) is 0 Å². The molecule has 1 saturated heterocycles. The van der Waals surface area contributed by atoms with E-state index in [1.165, 1.54) is 0 Å². The number of piperidine rings is 1. The van der Waals surface area contributed by atoms with Crippen molar-refractivity contribution < 1.29 is 14.6 Å². The van der Waals surface area contributed by atoms with Gasteiger partial charge in [0, 0.05) is 25.8 Å². The highest BCUT2D eigenvalue weighted by Gasteiger charge is 2.20. The van der Waals surface area contributed by atoms with Crippen LogP contribution in [-0.2, 0) is 9.53 Å². The number of allylic oxidation sites excluding steroid dienone is 6. The lowest BCUT2D eigenvalue weighted by atomic mass is 9.91. The van der Waals surface area contributed by atoms with E-state index in [4.69, 9.17) is 4.74 Å². The summed E-state index contributed by atoms with van der Waals surface area (Å²) >= 11 is 0. The maximum atomic E-state index is 11.3. The number of methoxy groups -OCH3 is 1. The maximum Gasteiger partial charge on any atom is 0.307 e. The van der Waals surface area contributed by atoms with Gasteiger partial charge in [0.15, 0.2) is 0 Å². The van der Waals surface area contributed by atoms with Crippen LogP contribution in [0.3, 0.4) is 0 Å². The molecule has 2 rings (SSSR count). The van der Waals surface area contributed by atoms with E-state index in [0.29, 0.717) is 6.10 Å². The van der Waals surface area contributed by atoms with Crippen molar-refractivity contribution in [1.82, 2.24) is 5.01 Å². The quantitative estimate of drug-likeness (QED) is 0.462. The first kappa shape index (κ1) is 24.6. The number of hydrogen-bond acceptors (Lipinski definition) is 4. The van der Waals surface area contributed by atoms with Gasteiger partial charge < -0.3 is 15.3 Å². The Balaban J connectivity index is 2.46. The first-order chi connectivity index (χ1) is 14.9. The SMILES string of the molecule is C=C/C(CC(=O)O)=C(C)/C(C)=C(\C=C/CC)c1ccccc1NN1CCC(OC)CC1. The number of hydrazine groups is 1. The van der Waals surface area contributed by atoms with Crippen molar-refractivity contribution in [3.8, 4) is 0 Å². The molecule has 1 aliphatic heterocycles. The summed E-state index contributed by atoms with van der Waals surface area (Å²) in [5.41, 5.74) is 9.55. The van der Waals surface area contributed by atoms with Crippen molar-refractivity contribution in [3.63, 3.8) is 0 Å². The van der Waals surface area contributed by atoms with Crippen LogP contribution < -0.4 is 5.43 Å². The number of rotatable bonds is 10. The number of carboxylic acids is 1. The Morgan fingerprint density at radius 3 is 2.52 bits per heavy atom. The minimum Gasteiger partial charge on any atom is -0.481 e. The molecule has 0 radical (unpaired) electrons. The number of benzene rings is 1. The van der Waals surface area contributed by atoms with Gasteiger partial charge in [-0.15, -0.1) is 0 Å². The van der Waals surface area contributed by atoms with Crippen molar-refractivity contribution in [3.05, 3.63) is 71.4 Å². The third kappa shape index (κ3) is 6.94. The fourth-order valence-corrected chi connectivity index (χ4v) is 3.81. The van der Waals surface area contributed by atoms with Gasteiger partial charge >= 0.3 is 5.97 Å². The fraction of sp³-hybridized carbons (Fsp3) is 0.423. The summed E-state index contributed by atoms with van der Waals surface area (Å²) in [5, 5.41) is 11.5. The molecular weight excluding hydrogens is 388 g/mol. The molecule has 0 atom stereocenters. The maximum absolute atomic E-state index is 11.3. The van der Waals surface area contributed by atoms with Crippen molar-refractivity contribution in [1.29, 1.82) is 0 Å². The summed E-state index contributed by atoms with van der Waals surface area (Å²) < 4.78 is 5.49. The second kappa shape index (κ2) is 12.3. The fourth-order valence-electron chi connectivity index (χ4n) is 3.81. The molecule has 1 aromatic carbocycles. The molecule has 0 spiro atoms. The summed E-state index contributed by atoms with van der Waals surface area (Å²) in [4.78, 5) is 11.3. The topological polar surface area (TPSA) is 61.8 Å². The highest BCUT2D eigenvalue weighted by atomic mass is 16.5. The largest absolute Gasteiger partial charge is 0.481 e. The smallest absolute Gasteiger partial charge is 0.307 e. The van der Waals surface area contributed by atoms with Gasteiger partial charge in [0.05, 0.1) is 18.2 Å². The number of anilines is 1. The van der Waals surface area contributed by atoms with Crippen LogP contribution in [0.25, 0.3) is 5.57 Å². The summed E-state index contributed by atoms with van der Waals surface area (Å²) in [7, 11) is 1.78. The molecule has 2 N–H and O–H groups in total. The second-order valence-corrected chi connectivity index (χ2v) is 7.85. The van der Waals surface area contributed by atoms with Crippen LogP contribution in [0.1, 0.15) is 52.0 Å². The Morgan fingerprint density at radius 2 is 1.94 bits per heavy atom. The first-order valence-electron chi connectivity index (χ1n) is 11.0. The molecule has 168 valence electrons. The monoisotopic (exact) mass is 424 g/mol. The van der Waals surface area contributed by atoms with E-state index >= 15 is 0 Å². The molecule has 31 heavy (non-hydrogen) atoms. The average Bonchev–Trinajstić information content (AvgIpc) is 2.78. The van der Waals surface area contributed by atoms with Crippen molar-refractivity contribution in [2.75, 3.05) is 25.6 Å². The van der Waals surface area contributed by atoms with Gasteiger partial charge in [0.2, 0.25) is 0 Å². The number of para-hydroxylation sites is 1. The summed E-state index contributed by atoms with van der Waals surface area (Å²) in [6.07, 6.45) is 9.15. The number of ether oxygens (including phenoxy) is 1. The average molecular weight is 425 g/mol. The van der Waals surface area contributed by atoms with Crippen LogP contribution in [-0.4, -0.2) is 42.4 Å². The van der Waals surface area contributed by atoms with Gasteiger partial charge in [-0.05, 0) is 61.5 Å². The van der Waals surface area contributed by atoms with Gasteiger partial charge in [-0.25, -0.2) is 5.01 Å². The molecule has 1 heterocycles. The third-order valence-corrected chi connectivity index (χ3v) is 5.83. The highest BCUT2D eigenvalue weighted by Crippen LogP contribution is 2.32. The van der Waals surface area contributed by atoms with Crippen LogP contribution in [0, 0.1) is 0 Å². The van der Waals surface area contributed by atoms with Gasteiger partial charge in [-0.3, -0.25) is 4.79 Å². The molecule has 0 aromatic heterocycles. The van der Waals surface area contributed by atoms with Crippen molar-refractivity contribution in [2.45, 2.75) is 52.6 Å². The first-order valence-corrected chi connectivity index (χ1v) is 11.0. The number of hydrogen-bond donors (Lipinski definition) is 2. The molecule has 1 aliphatic rings. The second-order valence-electron chi connectivity index (χ2n) is 7.85. The van der Waals surface area contributed by atoms with Gasteiger partial charge in [-0.1, -0.05) is 49.9 Å². The van der Waals surface area contributed by atoms with Gasteiger partial charge in [0.25, 0.3) is 0 Å². The Morgan fingerprint density at radius 1 is 1.26 bits per heavy atom. The zero-order valence-electron chi connectivity index (χ0n) is 19.3. The molecular formula is C26H36N2O3. The number of nitrogens with one attached hydrogen (secondary N) is 1. The summed E-state index contributed by atoms with van der Waals surface area (Å²) in [6.45, 7) is 11.8. The molecule has 0 bridgehead atoms. The lowest BCUT2D eigenvalue weighted by Gasteiger charge is -2.32. The van der Waals surface area contributed by atoms with E-state index in [0.717, 1.165) is 65.9 Å². The van der Waals surface area contributed by atoms with Gasteiger partial charge in [0.1, 0.15) is 0 Å². The molecule has 0 saturated carbocycles. The van der Waals surface area contributed by atoms with E-state index in [9.17, 15) is 9.90 Å².